The van der Waals surface area contributed by atoms with E-state index in [1.54, 1.807) is 12.4 Å². The van der Waals surface area contributed by atoms with E-state index in [-0.39, 0.29) is 0 Å². The van der Waals surface area contributed by atoms with Crippen LogP contribution < -0.4 is 4.74 Å². The molecule has 0 saturated heterocycles. The fraction of sp³-hybridized carbons (Fsp3) is 0.200. The van der Waals surface area contributed by atoms with Gasteiger partial charge in [0.15, 0.2) is 0 Å². The normalized spacial score (nSPS) is 9.40. The lowest BCUT2D eigenvalue weighted by molar-refractivity contribution is 0.370. The first-order valence-corrected chi connectivity index (χ1v) is 4.81. The summed E-state index contributed by atoms with van der Waals surface area (Å²) in [5, 5.41) is 0. The van der Waals surface area contributed by atoms with Gasteiger partial charge >= 0.3 is 6.01 Å². The van der Waals surface area contributed by atoms with Crippen LogP contribution in [-0.4, -0.2) is 14.6 Å². The highest BCUT2D eigenvalue weighted by Crippen LogP contribution is 2.08. The minimum absolute atomic E-state index is 0.414. The first-order valence-electron chi connectivity index (χ1n) is 2.49. The molecule has 0 aliphatic carbocycles. The molecular formula is C5H4BrIN2O. The van der Waals surface area contributed by atoms with Crippen LogP contribution in [0.25, 0.3) is 0 Å². The molecule has 0 spiro atoms. The highest BCUT2D eigenvalue weighted by atomic mass is 127. The van der Waals surface area contributed by atoms with E-state index in [2.05, 4.69) is 48.5 Å². The van der Waals surface area contributed by atoms with Crippen molar-refractivity contribution in [3.05, 3.63) is 16.9 Å². The van der Waals surface area contributed by atoms with Gasteiger partial charge in [0, 0.05) is 12.4 Å². The Balaban J connectivity index is 2.69. The van der Waals surface area contributed by atoms with Gasteiger partial charge in [-0.15, -0.1) is 0 Å². The Morgan fingerprint density at radius 1 is 1.50 bits per heavy atom. The molecule has 3 nitrogen and oxygen atoms in total. The molecule has 1 heterocycles. The van der Waals surface area contributed by atoms with Crippen molar-refractivity contribution in [3.63, 3.8) is 0 Å². The zero-order valence-corrected chi connectivity index (χ0v) is 8.66. The number of aromatic nitrogens is 2. The van der Waals surface area contributed by atoms with E-state index in [1.165, 1.54) is 0 Å². The van der Waals surface area contributed by atoms with Crippen molar-refractivity contribution >= 4 is 38.5 Å². The second-order valence-electron chi connectivity index (χ2n) is 1.44. The van der Waals surface area contributed by atoms with E-state index in [4.69, 9.17) is 4.74 Å². The van der Waals surface area contributed by atoms with Gasteiger partial charge in [-0.3, -0.25) is 0 Å². The summed E-state index contributed by atoms with van der Waals surface area (Å²) in [4.78, 5) is 7.77. The van der Waals surface area contributed by atoms with Crippen molar-refractivity contribution in [1.29, 1.82) is 0 Å². The molecule has 10 heavy (non-hydrogen) atoms. The molecule has 0 aliphatic rings. The van der Waals surface area contributed by atoms with Gasteiger partial charge in [-0.05, 0) is 38.5 Å². The molecule has 0 saturated carbocycles. The maximum Gasteiger partial charge on any atom is 0.317 e. The average Bonchev–Trinajstić information content (AvgIpc) is 1.95. The topological polar surface area (TPSA) is 35.0 Å². The summed E-state index contributed by atoms with van der Waals surface area (Å²) in [5.41, 5.74) is 0. The molecule has 1 rings (SSSR count). The third-order valence-corrected chi connectivity index (χ3v) is 1.50. The lowest BCUT2D eigenvalue weighted by Gasteiger charge is -1.96. The van der Waals surface area contributed by atoms with Gasteiger partial charge in [-0.25, -0.2) is 9.97 Å². The summed E-state index contributed by atoms with van der Waals surface area (Å²) < 4.78 is 6.43. The predicted molar refractivity (Wildman–Crippen MR) is 49.2 cm³/mol. The molecule has 0 aromatic carbocycles. The number of nitrogens with zero attached hydrogens (tertiary/aromatic N) is 2. The van der Waals surface area contributed by atoms with Crippen molar-refractivity contribution in [3.8, 4) is 6.01 Å². The SMILES string of the molecule is Brc1cnc(OCI)nc1. The summed E-state index contributed by atoms with van der Waals surface area (Å²) in [6, 6.07) is 0.414. The van der Waals surface area contributed by atoms with Gasteiger partial charge in [-0.2, -0.15) is 0 Å². The van der Waals surface area contributed by atoms with Crippen molar-refractivity contribution in [2.45, 2.75) is 0 Å². The first-order chi connectivity index (χ1) is 4.83. The van der Waals surface area contributed by atoms with Crippen LogP contribution in [0.1, 0.15) is 0 Å². The van der Waals surface area contributed by atoms with E-state index in [0.717, 1.165) is 4.47 Å². The number of hydrogen-bond acceptors (Lipinski definition) is 3. The van der Waals surface area contributed by atoms with E-state index >= 15 is 0 Å². The van der Waals surface area contributed by atoms with Crippen LogP contribution in [0.3, 0.4) is 0 Å². The molecule has 0 unspecified atom stereocenters. The van der Waals surface area contributed by atoms with Crippen LogP contribution >= 0.6 is 38.5 Å². The van der Waals surface area contributed by atoms with Crippen LogP contribution in [0.4, 0.5) is 0 Å². The summed E-state index contributed by atoms with van der Waals surface area (Å²) in [7, 11) is 0. The van der Waals surface area contributed by atoms with E-state index in [9.17, 15) is 0 Å². The maximum atomic E-state index is 5.00. The van der Waals surface area contributed by atoms with Crippen LogP contribution in [0, 0.1) is 0 Å². The van der Waals surface area contributed by atoms with Gasteiger partial charge < -0.3 is 4.74 Å². The Kier molecular flexibility index (Phi) is 3.33. The third kappa shape index (κ3) is 2.37. The molecule has 54 valence electrons. The Hall–Kier alpha value is 0.0900. The third-order valence-electron chi connectivity index (χ3n) is 0.780. The van der Waals surface area contributed by atoms with Crippen LogP contribution in [-0.2, 0) is 0 Å². The molecule has 5 heteroatoms. The molecular weight excluding hydrogens is 311 g/mol. The fourth-order valence-corrected chi connectivity index (χ4v) is 0.907. The maximum absolute atomic E-state index is 5.00. The Labute approximate surface area is 80.5 Å². The van der Waals surface area contributed by atoms with Crippen molar-refractivity contribution in [1.82, 2.24) is 9.97 Å². The van der Waals surface area contributed by atoms with Gasteiger partial charge in [0.05, 0.1) is 4.47 Å². The first kappa shape index (κ1) is 8.19. The number of halogens is 2. The average molecular weight is 315 g/mol. The fourth-order valence-electron chi connectivity index (χ4n) is 0.424. The standard InChI is InChI=1S/C5H4BrIN2O/c6-4-1-8-5(9-2-4)10-3-7/h1-2H,3H2. The summed E-state index contributed by atoms with van der Waals surface area (Å²) in [5.74, 6) is 0. The number of ether oxygens (including phenoxy) is 1. The van der Waals surface area contributed by atoms with Gasteiger partial charge in [-0.1, -0.05) is 0 Å². The van der Waals surface area contributed by atoms with Gasteiger partial charge in [0.1, 0.15) is 4.61 Å². The Bertz CT molecular complexity index is 203. The molecule has 0 N–H and O–H groups in total. The van der Waals surface area contributed by atoms with Gasteiger partial charge in [0.2, 0.25) is 0 Å². The number of alkyl halides is 1. The lowest BCUT2D eigenvalue weighted by atomic mass is 10.7. The molecule has 1 aromatic heterocycles. The second kappa shape index (κ2) is 4.07. The molecule has 0 bridgehead atoms. The summed E-state index contributed by atoms with van der Waals surface area (Å²) in [6.07, 6.45) is 3.29. The number of rotatable bonds is 2. The highest BCUT2D eigenvalue weighted by molar-refractivity contribution is 14.1. The summed E-state index contributed by atoms with van der Waals surface area (Å²) in [6.45, 7) is 0. The molecule has 0 amide bonds. The predicted octanol–water partition coefficient (Wildman–Crippen LogP) is 2.01. The Morgan fingerprint density at radius 3 is 2.60 bits per heavy atom. The quantitative estimate of drug-likeness (QED) is 0.619. The minimum atomic E-state index is 0.414. The molecule has 0 fully saturated rings. The molecule has 0 atom stereocenters. The van der Waals surface area contributed by atoms with Crippen molar-refractivity contribution < 1.29 is 4.74 Å². The number of hydrogen-bond donors (Lipinski definition) is 0. The monoisotopic (exact) mass is 314 g/mol. The molecule has 1 aromatic rings. The lowest BCUT2D eigenvalue weighted by Crippen LogP contribution is -1.93. The van der Waals surface area contributed by atoms with Crippen LogP contribution in [0.2, 0.25) is 0 Å². The highest BCUT2D eigenvalue weighted by Gasteiger charge is 1.93. The second-order valence-corrected chi connectivity index (χ2v) is 2.98. The minimum Gasteiger partial charge on any atom is -0.453 e. The van der Waals surface area contributed by atoms with Crippen LogP contribution in [0.15, 0.2) is 16.9 Å². The smallest absolute Gasteiger partial charge is 0.317 e. The van der Waals surface area contributed by atoms with E-state index in [0.29, 0.717) is 10.6 Å². The van der Waals surface area contributed by atoms with Gasteiger partial charge in [0.25, 0.3) is 0 Å². The van der Waals surface area contributed by atoms with E-state index in [1.807, 2.05) is 0 Å². The van der Waals surface area contributed by atoms with Crippen molar-refractivity contribution in [2.24, 2.45) is 0 Å². The zero-order chi connectivity index (χ0) is 7.40. The van der Waals surface area contributed by atoms with Crippen molar-refractivity contribution in [2.75, 3.05) is 4.61 Å². The molecule has 0 aliphatic heterocycles. The molecule has 0 radical (unpaired) electrons. The Morgan fingerprint density at radius 2 is 2.10 bits per heavy atom. The largest absolute Gasteiger partial charge is 0.453 e. The van der Waals surface area contributed by atoms with Crippen LogP contribution in [0.5, 0.6) is 6.01 Å². The summed E-state index contributed by atoms with van der Waals surface area (Å²) >= 11 is 5.30. The zero-order valence-electron chi connectivity index (χ0n) is 4.92. The van der Waals surface area contributed by atoms with E-state index < -0.39 is 0 Å².